The van der Waals surface area contributed by atoms with Crippen LogP contribution in [0.2, 0.25) is 0 Å². The Bertz CT molecular complexity index is 198. The van der Waals surface area contributed by atoms with Crippen molar-refractivity contribution in [1.82, 2.24) is 5.32 Å². The molecule has 0 aliphatic heterocycles. The predicted octanol–water partition coefficient (Wildman–Crippen LogP) is 1.99. The third-order valence-corrected chi connectivity index (χ3v) is 3.28. The first-order chi connectivity index (χ1) is 7.22. The number of amides is 1. The molecule has 0 spiro atoms. The zero-order chi connectivity index (χ0) is 11.1. The van der Waals surface area contributed by atoms with Gasteiger partial charge in [0.25, 0.3) is 0 Å². The Morgan fingerprint density at radius 2 is 2.00 bits per heavy atom. The van der Waals surface area contributed by atoms with Crippen LogP contribution in [-0.2, 0) is 4.79 Å². The van der Waals surface area contributed by atoms with Gasteiger partial charge in [0.2, 0.25) is 5.91 Å². The van der Waals surface area contributed by atoms with Gasteiger partial charge >= 0.3 is 0 Å². The third kappa shape index (κ3) is 3.82. The van der Waals surface area contributed by atoms with Gasteiger partial charge in [-0.1, -0.05) is 32.6 Å². The summed E-state index contributed by atoms with van der Waals surface area (Å²) in [6.45, 7) is 2.17. The molecule has 0 atom stereocenters. The minimum absolute atomic E-state index is 0.0882. The molecule has 1 aliphatic rings. The Hall–Kier alpha value is -0.570. The minimum Gasteiger partial charge on any atom is -0.394 e. The number of nitrogens with one attached hydrogen (secondary N) is 1. The van der Waals surface area contributed by atoms with Crippen LogP contribution in [0.5, 0.6) is 0 Å². The number of hydrogen-bond acceptors (Lipinski definition) is 2. The predicted molar refractivity (Wildman–Crippen MR) is 60.6 cm³/mol. The lowest BCUT2D eigenvalue weighted by Crippen LogP contribution is -2.52. The lowest BCUT2D eigenvalue weighted by Gasteiger charge is -2.36. The summed E-state index contributed by atoms with van der Waals surface area (Å²) < 4.78 is 0. The SMILES string of the molecule is CCCCC(=O)NC1(CO)CCCCC1. The number of carbonyl (C=O) groups is 1. The van der Waals surface area contributed by atoms with Crippen molar-refractivity contribution >= 4 is 5.91 Å². The highest BCUT2D eigenvalue weighted by Crippen LogP contribution is 2.27. The van der Waals surface area contributed by atoms with E-state index in [9.17, 15) is 9.90 Å². The van der Waals surface area contributed by atoms with Gasteiger partial charge in [-0.15, -0.1) is 0 Å². The van der Waals surface area contributed by atoms with Gasteiger partial charge < -0.3 is 10.4 Å². The van der Waals surface area contributed by atoms with E-state index >= 15 is 0 Å². The van der Waals surface area contributed by atoms with E-state index in [1.165, 1.54) is 6.42 Å². The standard InChI is InChI=1S/C12H23NO2/c1-2-3-7-11(15)13-12(10-14)8-5-4-6-9-12/h14H,2-10H2,1H3,(H,13,15). The Labute approximate surface area is 92.3 Å². The molecule has 3 nitrogen and oxygen atoms in total. The van der Waals surface area contributed by atoms with Gasteiger partial charge in [-0.05, 0) is 19.3 Å². The van der Waals surface area contributed by atoms with E-state index in [4.69, 9.17) is 0 Å². The number of rotatable bonds is 5. The molecule has 1 saturated carbocycles. The van der Waals surface area contributed by atoms with Gasteiger partial charge in [0.15, 0.2) is 0 Å². The van der Waals surface area contributed by atoms with Gasteiger partial charge in [-0.2, -0.15) is 0 Å². The summed E-state index contributed by atoms with van der Waals surface area (Å²) in [5.41, 5.74) is -0.303. The maximum atomic E-state index is 11.6. The summed E-state index contributed by atoms with van der Waals surface area (Å²) in [6.07, 6.45) is 7.91. The fourth-order valence-corrected chi connectivity index (χ4v) is 2.25. The normalized spacial score (nSPS) is 19.9. The van der Waals surface area contributed by atoms with Gasteiger partial charge in [0.05, 0.1) is 12.1 Å². The van der Waals surface area contributed by atoms with E-state index in [1.807, 2.05) is 0 Å². The average molecular weight is 213 g/mol. The maximum Gasteiger partial charge on any atom is 0.220 e. The zero-order valence-corrected chi connectivity index (χ0v) is 9.72. The highest BCUT2D eigenvalue weighted by Gasteiger charge is 2.32. The summed E-state index contributed by atoms with van der Waals surface area (Å²) >= 11 is 0. The molecule has 0 saturated heterocycles. The van der Waals surface area contributed by atoms with Crippen molar-refractivity contribution in [3.8, 4) is 0 Å². The van der Waals surface area contributed by atoms with Crippen LogP contribution >= 0.6 is 0 Å². The largest absolute Gasteiger partial charge is 0.394 e. The van der Waals surface area contributed by atoms with Crippen molar-refractivity contribution in [2.45, 2.75) is 63.8 Å². The van der Waals surface area contributed by atoms with Crippen molar-refractivity contribution in [2.24, 2.45) is 0 Å². The molecule has 3 heteroatoms. The minimum atomic E-state index is -0.303. The van der Waals surface area contributed by atoms with Crippen molar-refractivity contribution in [1.29, 1.82) is 0 Å². The smallest absolute Gasteiger partial charge is 0.220 e. The number of unbranched alkanes of at least 4 members (excludes halogenated alkanes) is 1. The average Bonchev–Trinajstić information content (AvgIpc) is 2.27. The van der Waals surface area contributed by atoms with E-state index in [2.05, 4.69) is 12.2 Å². The Balaban J connectivity index is 2.40. The van der Waals surface area contributed by atoms with Gasteiger partial charge in [-0.25, -0.2) is 0 Å². The number of carbonyl (C=O) groups excluding carboxylic acids is 1. The number of aliphatic hydroxyl groups is 1. The van der Waals surface area contributed by atoms with Crippen molar-refractivity contribution in [3.63, 3.8) is 0 Å². The first-order valence-corrected chi connectivity index (χ1v) is 6.14. The molecule has 0 heterocycles. The second-order valence-corrected chi connectivity index (χ2v) is 4.65. The third-order valence-electron chi connectivity index (χ3n) is 3.28. The Morgan fingerprint density at radius 3 is 2.53 bits per heavy atom. The Kier molecular flexibility index (Phi) is 5.09. The highest BCUT2D eigenvalue weighted by molar-refractivity contribution is 5.76. The molecule has 0 aromatic rings. The van der Waals surface area contributed by atoms with Crippen LogP contribution in [0.25, 0.3) is 0 Å². The molecule has 0 unspecified atom stereocenters. The molecule has 0 radical (unpaired) electrons. The molecule has 88 valence electrons. The first-order valence-electron chi connectivity index (χ1n) is 6.14. The van der Waals surface area contributed by atoms with Crippen LogP contribution in [-0.4, -0.2) is 23.2 Å². The fraction of sp³-hybridized carbons (Fsp3) is 0.917. The summed E-state index contributed by atoms with van der Waals surface area (Å²) in [6, 6.07) is 0. The molecule has 0 bridgehead atoms. The summed E-state index contributed by atoms with van der Waals surface area (Å²) in [7, 11) is 0. The molecular formula is C12H23NO2. The molecule has 1 fully saturated rings. The van der Waals surface area contributed by atoms with E-state index < -0.39 is 0 Å². The quantitative estimate of drug-likeness (QED) is 0.733. The van der Waals surface area contributed by atoms with E-state index in [0.717, 1.165) is 38.5 Å². The summed E-state index contributed by atoms with van der Waals surface area (Å²) in [5.74, 6) is 0.104. The van der Waals surface area contributed by atoms with Gasteiger partial charge in [0, 0.05) is 6.42 Å². The monoisotopic (exact) mass is 213 g/mol. The second-order valence-electron chi connectivity index (χ2n) is 4.65. The maximum absolute atomic E-state index is 11.6. The molecule has 1 rings (SSSR count). The molecule has 1 aliphatic carbocycles. The number of hydrogen-bond donors (Lipinski definition) is 2. The van der Waals surface area contributed by atoms with Crippen LogP contribution in [0.1, 0.15) is 58.3 Å². The van der Waals surface area contributed by atoms with Crippen molar-refractivity contribution < 1.29 is 9.90 Å². The second kappa shape index (κ2) is 6.11. The summed E-state index contributed by atoms with van der Waals surface area (Å²) in [4.78, 5) is 11.6. The molecule has 15 heavy (non-hydrogen) atoms. The molecule has 1 amide bonds. The van der Waals surface area contributed by atoms with Crippen LogP contribution in [0.4, 0.5) is 0 Å². The summed E-state index contributed by atoms with van der Waals surface area (Å²) in [5, 5.41) is 12.4. The van der Waals surface area contributed by atoms with E-state index in [-0.39, 0.29) is 18.1 Å². The molecular weight excluding hydrogens is 190 g/mol. The van der Waals surface area contributed by atoms with Crippen LogP contribution in [0, 0.1) is 0 Å². The van der Waals surface area contributed by atoms with Crippen molar-refractivity contribution in [2.75, 3.05) is 6.61 Å². The Morgan fingerprint density at radius 1 is 1.33 bits per heavy atom. The zero-order valence-electron chi connectivity index (χ0n) is 9.72. The van der Waals surface area contributed by atoms with Gasteiger partial charge in [-0.3, -0.25) is 4.79 Å². The van der Waals surface area contributed by atoms with Gasteiger partial charge in [0.1, 0.15) is 0 Å². The highest BCUT2D eigenvalue weighted by atomic mass is 16.3. The first kappa shape index (κ1) is 12.5. The molecule has 2 N–H and O–H groups in total. The lowest BCUT2D eigenvalue weighted by molar-refractivity contribution is -0.124. The van der Waals surface area contributed by atoms with E-state index in [0.29, 0.717) is 6.42 Å². The van der Waals surface area contributed by atoms with Crippen molar-refractivity contribution in [3.05, 3.63) is 0 Å². The lowest BCUT2D eigenvalue weighted by atomic mass is 9.82. The fourth-order valence-electron chi connectivity index (χ4n) is 2.25. The molecule has 0 aromatic carbocycles. The molecule has 0 aromatic heterocycles. The van der Waals surface area contributed by atoms with Crippen LogP contribution in [0.15, 0.2) is 0 Å². The van der Waals surface area contributed by atoms with E-state index in [1.54, 1.807) is 0 Å². The van der Waals surface area contributed by atoms with Crippen LogP contribution in [0.3, 0.4) is 0 Å². The number of aliphatic hydroxyl groups excluding tert-OH is 1. The van der Waals surface area contributed by atoms with Crippen LogP contribution < -0.4 is 5.32 Å². The topological polar surface area (TPSA) is 49.3 Å².